The SMILES string of the molecule is C/C(=C\C(=O)C(F)(F)C(F)(F)C(F)(F)F)NNC(=O)OC(C)(C)C. The van der Waals surface area contributed by atoms with Gasteiger partial charge in [0.05, 0.1) is 0 Å². The Hall–Kier alpha value is -2.01. The lowest BCUT2D eigenvalue weighted by Crippen LogP contribution is -2.55. The van der Waals surface area contributed by atoms with Gasteiger partial charge in [0.15, 0.2) is 0 Å². The fourth-order valence-corrected chi connectivity index (χ4v) is 1.11. The number of amides is 1. The Bertz CT molecular complexity index is 522. The van der Waals surface area contributed by atoms with Gasteiger partial charge in [-0.2, -0.15) is 30.7 Å². The van der Waals surface area contributed by atoms with Crippen LogP contribution in [0.1, 0.15) is 27.7 Å². The molecule has 0 aliphatic carbocycles. The molecule has 0 unspecified atom stereocenters. The summed E-state index contributed by atoms with van der Waals surface area (Å²) in [5.41, 5.74) is 2.10. The van der Waals surface area contributed by atoms with Crippen LogP contribution in [0.2, 0.25) is 0 Å². The number of allylic oxidation sites excluding steroid dienone is 2. The predicted octanol–water partition coefficient (Wildman–Crippen LogP) is 3.32. The Morgan fingerprint density at radius 1 is 0.917 bits per heavy atom. The maximum absolute atomic E-state index is 13.1. The molecule has 12 heteroatoms. The Labute approximate surface area is 132 Å². The molecule has 0 radical (unpaired) electrons. The molecule has 0 spiro atoms. The number of hydrogen-bond donors (Lipinski definition) is 2. The van der Waals surface area contributed by atoms with Crippen LogP contribution in [0.3, 0.4) is 0 Å². The van der Waals surface area contributed by atoms with E-state index >= 15 is 0 Å². The number of alkyl halides is 7. The van der Waals surface area contributed by atoms with Crippen molar-refractivity contribution in [3.63, 3.8) is 0 Å². The topological polar surface area (TPSA) is 67.4 Å². The molecule has 0 fully saturated rings. The van der Waals surface area contributed by atoms with E-state index in [1.807, 2.05) is 5.43 Å². The number of nitrogens with one attached hydrogen (secondary N) is 2. The Balaban J connectivity index is 5.01. The third-order valence-corrected chi connectivity index (χ3v) is 2.17. The van der Waals surface area contributed by atoms with Gasteiger partial charge in [-0.15, -0.1) is 0 Å². The lowest BCUT2D eigenvalue weighted by atomic mass is 10.1. The minimum absolute atomic E-state index is 0.197. The zero-order chi connectivity index (χ0) is 19.6. The maximum Gasteiger partial charge on any atom is 0.460 e. The second kappa shape index (κ2) is 6.85. The first-order valence-electron chi connectivity index (χ1n) is 6.22. The Morgan fingerprint density at radius 3 is 1.75 bits per heavy atom. The number of rotatable bonds is 5. The molecule has 1 amide bonds. The Morgan fingerprint density at radius 2 is 1.38 bits per heavy atom. The molecule has 2 N–H and O–H groups in total. The lowest BCUT2D eigenvalue weighted by Gasteiger charge is -2.26. The molecular formula is C12H15F7N2O3. The van der Waals surface area contributed by atoms with Crippen LogP contribution in [0.5, 0.6) is 0 Å². The summed E-state index contributed by atoms with van der Waals surface area (Å²) >= 11 is 0. The predicted molar refractivity (Wildman–Crippen MR) is 67.2 cm³/mol. The first-order chi connectivity index (χ1) is 10.4. The first kappa shape index (κ1) is 22.0. The highest BCUT2D eigenvalue weighted by atomic mass is 19.4. The quantitative estimate of drug-likeness (QED) is 0.444. The molecule has 140 valence electrons. The Kier molecular flexibility index (Phi) is 6.28. The molecule has 0 aromatic rings. The van der Waals surface area contributed by atoms with Crippen molar-refractivity contribution in [3.8, 4) is 0 Å². The highest BCUT2D eigenvalue weighted by molar-refractivity contribution is 5.97. The van der Waals surface area contributed by atoms with Crippen molar-refractivity contribution >= 4 is 11.9 Å². The van der Waals surface area contributed by atoms with Crippen molar-refractivity contribution in [2.45, 2.75) is 51.3 Å². The molecule has 0 aliphatic heterocycles. The molecule has 0 heterocycles. The number of carbonyl (C=O) groups is 2. The number of hydrogen-bond acceptors (Lipinski definition) is 4. The van der Waals surface area contributed by atoms with Gasteiger partial charge in [0.25, 0.3) is 0 Å². The normalized spacial score (nSPS) is 14.2. The van der Waals surface area contributed by atoms with Crippen LogP contribution in [-0.4, -0.2) is 35.5 Å². The summed E-state index contributed by atoms with van der Waals surface area (Å²) in [6.07, 6.45) is -7.91. The average molecular weight is 368 g/mol. The van der Waals surface area contributed by atoms with Gasteiger partial charge in [-0.05, 0) is 27.7 Å². The van der Waals surface area contributed by atoms with Gasteiger partial charge in [-0.1, -0.05) is 0 Å². The van der Waals surface area contributed by atoms with Gasteiger partial charge in [0, 0.05) is 11.8 Å². The van der Waals surface area contributed by atoms with Crippen LogP contribution < -0.4 is 10.9 Å². The van der Waals surface area contributed by atoms with Crippen LogP contribution in [0.4, 0.5) is 35.5 Å². The standard InChI is InChI=1S/C12H15F7N2O3/c1-6(20-21-8(23)24-9(2,3)4)5-7(22)10(13,14)11(15,16)12(17,18)19/h5,20H,1-4H3,(H,21,23)/b6-5+. The number of ether oxygens (including phenoxy) is 1. The van der Waals surface area contributed by atoms with E-state index in [1.165, 1.54) is 20.8 Å². The van der Waals surface area contributed by atoms with E-state index in [2.05, 4.69) is 0 Å². The van der Waals surface area contributed by atoms with E-state index in [-0.39, 0.29) is 6.08 Å². The van der Waals surface area contributed by atoms with Crippen LogP contribution in [0.15, 0.2) is 11.8 Å². The summed E-state index contributed by atoms with van der Waals surface area (Å²) in [6, 6.07) is 0. The highest BCUT2D eigenvalue weighted by Crippen LogP contribution is 2.47. The third kappa shape index (κ3) is 5.57. The summed E-state index contributed by atoms with van der Waals surface area (Å²) in [4.78, 5) is 22.3. The van der Waals surface area contributed by atoms with Crippen LogP contribution in [0, 0.1) is 0 Å². The van der Waals surface area contributed by atoms with E-state index in [1.54, 1.807) is 5.43 Å². The monoisotopic (exact) mass is 368 g/mol. The molecule has 0 aromatic heterocycles. The van der Waals surface area contributed by atoms with E-state index < -0.39 is 41.2 Å². The summed E-state index contributed by atoms with van der Waals surface area (Å²) in [5.74, 6) is -15.4. The third-order valence-electron chi connectivity index (χ3n) is 2.17. The van der Waals surface area contributed by atoms with E-state index in [9.17, 15) is 40.3 Å². The molecule has 0 rings (SSSR count). The van der Waals surface area contributed by atoms with E-state index in [0.717, 1.165) is 6.92 Å². The second-order valence-corrected chi connectivity index (χ2v) is 5.59. The average Bonchev–Trinajstić information content (AvgIpc) is 2.32. The van der Waals surface area contributed by atoms with Gasteiger partial charge in [0.1, 0.15) is 5.60 Å². The van der Waals surface area contributed by atoms with Crippen LogP contribution >= 0.6 is 0 Å². The van der Waals surface area contributed by atoms with Gasteiger partial charge in [-0.25, -0.2) is 10.2 Å². The zero-order valence-corrected chi connectivity index (χ0v) is 12.9. The number of hydrazine groups is 1. The van der Waals surface area contributed by atoms with Crippen molar-refractivity contribution in [3.05, 3.63) is 11.8 Å². The number of carbonyl (C=O) groups excluding carboxylic acids is 2. The maximum atomic E-state index is 13.1. The van der Waals surface area contributed by atoms with Crippen molar-refractivity contribution in [1.82, 2.24) is 10.9 Å². The van der Waals surface area contributed by atoms with Gasteiger partial charge >= 0.3 is 24.1 Å². The molecule has 24 heavy (non-hydrogen) atoms. The van der Waals surface area contributed by atoms with Crippen molar-refractivity contribution in [2.75, 3.05) is 0 Å². The second-order valence-electron chi connectivity index (χ2n) is 5.59. The summed E-state index contributed by atoms with van der Waals surface area (Å²) in [6.45, 7) is 5.37. The van der Waals surface area contributed by atoms with Crippen LogP contribution in [-0.2, 0) is 9.53 Å². The molecule has 0 saturated carbocycles. The molecular weight excluding hydrogens is 353 g/mol. The first-order valence-corrected chi connectivity index (χ1v) is 6.22. The molecule has 0 saturated heterocycles. The van der Waals surface area contributed by atoms with Gasteiger partial charge < -0.3 is 10.2 Å². The molecule has 0 atom stereocenters. The summed E-state index contributed by atoms with van der Waals surface area (Å²) in [7, 11) is 0. The molecule has 0 aromatic carbocycles. The minimum Gasteiger partial charge on any atom is -0.443 e. The zero-order valence-electron chi connectivity index (χ0n) is 12.9. The minimum atomic E-state index is -6.61. The summed E-state index contributed by atoms with van der Waals surface area (Å²) < 4.78 is 92.0. The van der Waals surface area contributed by atoms with Gasteiger partial charge in [-0.3, -0.25) is 4.79 Å². The lowest BCUT2D eigenvalue weighted by molar-refractivity contribution is -0.342. The number of ketones is 1. The van der Waals surface area contributed by atoms with Crippen molar-refractivity contribution in [2.24, 2.45) is 0 Å². The number of halogens is 7. The van der Waals surface area contributed by atoms with Crippen LogP contribution in [0.25, 0.3) is 0 Å². The van der Waals surface area contributed by atoms with Crippen molar-refractivity contribution in [1.29, 1.82) is 0 Å². The molecule has 0 bridgehead atoms. The van der Waals surface area contributed by atoms with E-state index in [4.69, 9.17) is 4.74 Å². The largest absolute Gasteiger partial charge is 0.460 e. The fourth-order valence-electron chi connectivity index (χ4n) is 1.11. The van der Waals surface area contributed by atoms with Gasteiger partial charge in [0.2, 0.25) is 5.78 Å². The molecule has 5 nitrogen and oxygen atoms in total. The molecule has 0 aliphatic rings. The fraction of sp³-hybridized carbons (Fsp3) is 0.667. The smallest absolute Gasteiger partial charge is 0.443 e. The van der Waals surface area contributed by atoms with Crippen molar-refractivity contribution < 1.29 is 45.1 Å². The summed E-state index contributed by atoms with van der Waals surface area (Å²) in [5, 5.41) is 0. The van der Waals surface area contributed by atoms with E-state index in [0.29, 0.717) is 0 Å². The highest BCUT2D eigenvalue weighted by Gasteiger charge is 2.75.